The van der Waals surface area contributed by atoms with Crippen LogP contribution in [-0.2, 0) is 29.0 Å². The first kappa shape index (κ1) is 31.6. The molecule has 0 N–H and O–H groups in total. The molecular formula is C29H40FN3O6S. The summed E-state index contributed by atoms with van der Waals surface area (Å²) in [5, 5.41) is 0. The predicted octanol–water partition coefficient (Wildman–Crippen LogP) is 5.46. The zero-order valence-corrected chi connectivity index (χ0v) is 25.5. The molecule has 0 spiro atoms. The van der Waals surface area contributed by atoms with Crippen LogP contribution in [0.2, 0.25) is 0 Å². The number of anilines is 1. The molecule has 1 aromatic carbocycles. The van der Waals surface area contributed by atoms with Crippen LogP contribution in [0.15, 0.2) is 30.3 Å². The quantitative estimate of drug-likeness (QED) is 0.381. The molecule has 0 aliphatic carbocycles. The Bertz CT molecular complexity index is 1350. The van der Waals surface area contributed by atoms with Gasteiger partial charge in [0.05, 0.1) is 36.3 Å². The number of ether oxygens (including phenoxy) is 3. The van der Waals surface area contributed by atoms with Gasteiger partial charge in [0.25, 0.3) is 0 Å². The molecule has 0 amide bonds. The first-order valence-corrected chi connectivity index (χ1v) is 15.1. The first-order chi connectivity index (χ1) is 18.3. The Labute approximate surface area is 236 Å². The fourth-order valence-corrected chi connectivity index (χ4v) is 4.74. The van der Waals surface area contributed by atoms with Crippen LogP contribution >= 0.6 is 0 Å². The van der Waals surface area contributed by atoms with Gasteiger partial charge in [-0.2, -0.15) is 0 Å². The van der Waals surface area contributed by atoms with E-state index in [1.807, 2.05) is 46.8 Å². The van der Waals surface area contributed by atoms with Crippen LogP contribution in [0.1, 0.15) is 78.5 Å². The van der Waals surface area contributed by atoms with Crippen molar-refractivity contribution in [3.63, 3.8) is 0 Å². The highest BCUT2D eigenvalue weighted by molar-refractivity contribution is 7.92. The summed E-state index contributed by atoms with van der Waals surface area (Å²) >= 11 is 0. The van der Waals surface area contributed by atoms with Gasteiger partial charge in [-0.1, -0.05) is 26.0 Å². The molecule has 0 radical (unpaired) electrons. The van der Waals surface area contributed by atoms with E-state index in [1.165, 1.54) is 19.2 Å². The molecule has 2 atom stereocenters. The Hall–Kier alpha value is -2.89. The summed E-state index contributed by atoms with van der Waals surface area (Å²) in [4.78, 5) is 21.7. The molecule has 9 nitrogen and oxygen atoms in total. The fraction of sp³-hybridized carbons (Fsp3) is 0.552. The molecule has 1 aliphatic rings. The Balaban J connectivity index is 2.04. The summed E-state index contributed by atoms with van der Waals surface area (Å²) in [7, 11) is -2.24. The first-order valence-electron chi connectivity index (χ1n) is 13.2. The Kier molecular flexibility index (Phi) is 9.43. The second-order valence-corrected chi connectivity index (χ2v) is 13.8. The Morgan fingerprint density at radius 3 is 2.38 bits per heavy atom. The molecule has 1 fully saturated rings. The van der Waals surface area contributed by atoms with Crippen molar-refractivity contribution in [1.82, 2.24) is 9.97 Å². The van der Waals surface area contributed by atoms with E-state index in [0.29, 0.717) is 28.9 Å². The van der Waals surface area contributed by atoms with E-state index in [2.05, 4.69) is 9.97 Å². The van der Waals surface area contributed by atoms with Crippen LogP contribution in [0.5, 0.6) is 0 Å². The number of nitrogens with zero attached hydrogens (tertiary/aromatic N) is 3. The van der Waals surface area contributed by atoms with Gasteiger partial charge in [0.2, 0.25) is 16.0 Å². The Morgan fingerprint density at radius 1 is 1.20 bits per heavy atom. The van der Waals surface area contributed by atoms with Crippen molar-refractivity contribution in [3.8, 4) is 11.3 Å². The molecule has 1 aliphatic heterocycles. The average molecular weight is 578 g/mol. The minimum absolute atomic E-state index is 0.0172. The van der Waals surface area contributed by atoms with Crippen molar-refractivity contribution in [3.05, 3.63) is 47.4 Å². The number of rotatable bonds is 8. The van der Waals surface area contributed by atoms with E-state index in [4.69, 9.17) is 14.2 Å². The summed E-state index contributed by atoms with van der Waals surface area (Å²) in [5.74, 6) is -1.78. The monoisotopic (exact) mass is 577 g/mol. The van der Waals surface area contributed by atoms with Crippen molar-refractivity contribution in [1.29, 1.82) is 0 Å². The number of hydrogen-bond acceptors (Lipinski definition) is 8. The standard InChI is InChI=1S/C29H40FN3O6S/c1-18(2)25-23(15-14-21-16-22(38-29(6,7)37-21)17-24(34)39-28(3,4)5)26(19-10-12-20(30)13-11-19)32-27(31-25)33(8)40(9,35)36/h10-15,18,21-22H,16-17H2,1-9H3/b15-14-. The van der Waals surface area contributed by atoms with Gasteiger partial charge in [0.15, 0.2) is 5.79 Å². The van der Waals surface area contributed by atoms with Crippen LogP contribution in [0.3, 0.4) is 0 Å². The lowest BCUT2D eigenvalue weighted by Gasteiger charge is -2.39. The number of carbonyl (C=O) groups excluding carboxylic acids is 1. The van der Waals surface area contributed by atoms with Crippen LogP contribution < -0.4 is 4.31 Å². The third-order valence-electron chi connectivity index (χ3n) is 6.08. The van der Waals surface area contributed by atoms with Crippen molar-refractivity contribution in [2.45, 2.75) is 90.8 Å². The maximum Gasteiger partial charge on any atom is 0.308 e. The van der Waals surface area contributed by atoms with E-state index in [0.717, 1.165) is 10.6 Å². The van der Waals surface area contributed by atoms with E-state index in [-0.39, 0.29) is 24.3 Å². The number of benzene rings is 1. The van der Waals surface area contributed by atoms with E-state index < -0.39 is 39.4 Å². The lowest BCUT2D eigenvalue weighted by atomic mass is 9.97. The second-order valence-electron chi connectivity index (χ2n) is 11.7. The number of carbonyl (C=O) groups is 1. The molecule has 1 aromatic heterocycles. The molecule has 11 heteroatoms. The molecular weight excluding hydrogens is 537 g/mol. The molecule has 0 bridgehead atoms. The maximum absolute atomic E-state index is 13.8. The molecule has 40 heavy (non-hydrogen) atoms. The average Bonchev–Trinajstić information content (AvgIpc) is 2.79. The van der Waals surface area contributed by atoms with E-state index in [9.17, 15) is 17.6 Å². The lowest BCUT2D eigenvalue weighted by Crippen LogP contribution is -2.45. The Morgan fingerprint density at radius 2 is 1.82 bits per heavy atom. The van der Waals surface area contributed by atoms with Gasteiger partial charge in [-0.25, -0.2) is 27.1 Å². The number of halogens is 1. The van der Waals surface area contributed by atoms with E-state index in [1.54, 1.807) is 26.0 Å². The van der Waals surface area contributed by atoms with Crippen molar-refractivity contribution in [2.75, 3.05) is 17.6 Å². The predicted molar refractivity (Wildman–Crippen MR) is 153 cm³/mol. The summed E-state index contributed by atoms with van der Waals surface area (Å²) in [6.45, 7) is 12.9. The molecule has 1 saturated heterocycles. The van der Waals surface area contributed by atoms with Crippen LogP contribution in [0.4, 0.5) is 10.3 Å². The third kappa shape index (κ3) is 8.55. The molecule has 3 rings (SSSR count). The number of sulfonamides is 1. The van der Waals surface area contributed by atoms with Gasteiger partial charge >= 0.3 is 5.97 Å². The van der Waals surface area contributed by atoms with Gasteiger partial charge < -0.3 is 14.2 Å². The summed E-state index contributed by atoms with van der Waals surface area (Å²) in [6, 6.07) is 5.83. The van der Waals surface area contributed by atoms with E-state index >= 15 is 0 Å². The highest BCUT2D eigenvalue weighted by atomic mass is 32.2. The molecule has 2 unspecified atom stereocenters. The summed E-state index contributed by atoms with van der Waals surface area (Å²) in [6.07, 6.45) is 4.46. The highest BCUT2D eigenvalue weighted by Crippen LogP contribution is 2.34. The van der Waals surface area contributed by atoms with Crippen molar-refractivity contribution in [2.24, 2.45) is 0 Å². The van der Waals surface area contributed by atoms with Crippen molar-refractivity contribution < 1.29 is 31.8 Å². The van der Waals surface area contributed by atoms with Crippen molar-refractivity contribution >= 4 is 28.0 Å². The SMILES string of the molecule is CC(C)c1nc(N(C)S(C)(=O)=O)nc(-c2ccc(F)cc2)c1/C=C\C1CC(CC(=O)OC(C)(C)C)OC(C)(C)O1. The normalized spacial score (nSPS) is 19.7. The third-order valence-corrected chi connectivity index (χ3v) is 7.24. The maximum atomic E-state index is 13.8. The smallest absolute Gasteiger partial charge is 0.308 e. The highest BCUT2D eigenvalue weighted by Gasteiger charge is 2.36. The minimum atomic E-state index is -3.63. The summed E-state index contributed by atoms with van der Waals surface area (Å²) in [5.41, 5.74) is 1.73. The van der Waals surface area contributed by atoms with Gasteiger partial charge in [-0.15, -0.1) is 0 Å². The zero-order chi connectivity index (χ0) is 30.0. The molecule has 2 aromatic rings. The minimum Gasteiger partial charge on any atom is -0.460 e. The fourth-order valence-electron chi connectivity index (χ4n) is 4.36. The number of hydrogen-bond donors (Lipinski definition) is 0. The lowest BCUT2D eigenvalue weighted by molar-refractivity contribution is -0.290. The van der Waals surface area contributed by atoms with Crippen LogP contribution in [0.25, 0.3) is 17.3 Å². The molecule has 0 saturated carbocycles. The largest absolute Gasteiger partial charge is 0.460 e. The molecule has 2 heterocycles. The van der Waals surface area contributed by atoms with Crippen LogP contribution in [0, 0.1) is 5.82 Å². The number of aromatic nitrogens is 2. The van der Waals surface area contributed by atoms with Gasteiger partial charge in [-0.3, -0.25) is 4.79 Å². The topological polar surface area (TPSA) is 108 Å². The number of esters is 1. The second kappa shape index (κ2) is 11.9. The summed E-state index contributed by atoms with van der Waals surface area (Å²) < 4.78 is 57.0. The van der Waals surface area contributed by atoms with Gasteiger partial charge in [0, 0.05) is 24.6 Å². The van der Waals surface area contributed by atoms with Crippen LogP contribution in [-0.4, -0.2) is 61.3 Å². The van der Waals surface area contributed by atoms with Gasteiger partial charge in [0.1, 0.15) is 11.4 Å². The molecule has 220 valence electrons. The zero-order valence-electron chi connectivity index (χ0n) is 24.7. The van der Waals surface area contributed by atoms with Gasteiger partial charge in [-0.05, 0) is 64.8 Å².